The van der Waals surface area contributed by atoms with E-state index in [9.17, 15) is 36.5 Å². The summed E-state index contributed by atoms with van der Waals surface area (Å²) in [5.74, 6) is -0.739. The highest BCUT2D eigenvalue weighted by molar-refractivity contribution is 7.87. The molecule has 0 spiro atoms. The zero-order valence-electron chi connectivity index (χ0n) is 16.6. The third-order valence-electron chi connectivity index (χ3n) is 4.35. The van der Waals surface area contributed by atoms with Gasteiger partial charge in [0.25, 0.3) is 11.6 Å². The molecular weight excluding hydrogens is 465 g/mol. The van der Waals surface area contributed by atoms with Gasteiger partial charge in [0.1, 0.15) is 10.6 Å². The highest BCUT2D eigenvalue weighted by Crippen LogP contribution is 2.29. The van der Waals surface area contributed by atoms with Gasteiger partial charge in [0.05, 0.1) is 10.5 Å². The minimum absolute atomic E-state index is 0.113. The molecule has 3 aromatic carbocycles. The van der Waals surface area contributed by atoms with E-state index >= 15 is 0 Å². The Morgan fingerprint density at radius 1 is 1.00 bits per heavy atom. The smallest absolute Gasteiger partial charge is 0.379 e. The zero-order valence-corrected chi connectivity index (χ0v) is 17.4. The van der Waals surface area contributed by atoms with Gasteiger partial charge in [-0.15, -0.1) is 0 Å². The van der Waals surface area contributed by atoms with Crippen LogP contribution in [-0.4, -0.2) is 19.2 Å². The normalized spacial score (nSPS) is 11.6. The molecule has 0 heterocycles. The first kappa shape index (κ1) is 23.7. The van der Waals surface area contributed by atoms with Gasteiger partial charge in [0, 0.05) is 24.2 Å². The Morgan fingerprint density at radius 3 is 2.30 bits per heavy atom. The van der Waals surface area contributed by atoms with Gasteiger partial charge in [-0.3, -0.25) is 14.9 Å². The summed E-state index contributed by atoms with van der Waals surface area (Å²) in [7, 11) is -4.36. The molecular formula is C21H15F3N2O6S. The van der Waals surface area contributed by atoms with Crippen molar-refractivity contribution in [1.29, 1.82) is 0 Å². The third kappa shape index (κ3) is 6.07. The second kappa shape index (κ2) is 9.28. The van der Waals surface area contributed by atoms with Crippen molar-refractivity contribution in [3.05, 3.63) is 99.6 Å². The maximum Gasteiger partial charge on any atom is 0.416 e. The molecule has 3 aromatic rings. The molecule has 0 bridgehead atoms. The van der Waals surface area contributed by atoms with Crippen molar-refractivity contribution in [2.45, 2.75) is 17.6 Å². The summed E-state index contributed by atoms with van der Waals surface area (Å²) in [6.45, 7) is -0.151. The Balaban J connectivity index is 1.66. The molecule has 3 rings (SSSR count). The van der Waals surface area contributed by atoms with Crippen LogP contribution in [0.15, 0.2) is 77.7 Å². The predicted octanol–water partition coefficient (Wildman–Crippen LogP) is 4.31. The van der Waals surface area contributed by atoms with E-state index in [-0.39, 0.29) is 23.4 Å². The number of nitro benzene ring substituents is 1. The maximum atomic E-state index is 12.8. The van der Waals surface area contributed by atoms with Crippen LogP contribution >= 0.6 is 0 Å². The standard InChI is InChI=1S/C21H15F3N2O6S/c22-21(23,24)16-4-1-3-14(11-16)13-25-20(27)15-7-9-18(10-8-15)32-33(30,31)19-6-2-5-17(12-19)26(28)29/h1-12H,13H2,(H,25,27). The Bertz CT molecular complexity index is 1290. The number of nitrogens with one attached hydrogen (secondary N) is 1. The molecule has 1 amide bonds. The van der Waals surface area contributed by atoms with Crippen LogP contribution in [-0.2, 0) is 22.8 Å². The van der Waals surface area contributed by atoms with Crippen LogP contribution in [0, 0.1) is 10.1 Å². The van der Waals surface area contributed by atoms with Gasteiger partial charge in [-0.05, 0) is 48.0 Å². The third-order valence-corrected chi connectivity index (χ3v) is 5.59. The number of nitro groups is 1. The van der Waals surface area contributed by atoms with Crippen molar-refractivity contribution < 1.29 is 35.5 Å². The van der Waals surface area contributed by atoms with Gasteiger partial charge in [-0.2, -0.15) is 21.6 Å². The Hall–Kier alpha value is -3.93. The fraction of sp³-hybridized carbons (Fsp3) is 0.0952. The number of nitrogens with zero attached hydrogens (tertiary/aromatic N) is 1. The van der Waals surface area contributed by atoms with Crippen molar-refractivity contribution in [3.63, 3.8) is 0 Å². The number of non-ortho nitro benzene ring substituents is 1. The van der Waals surface area contributed by atoms with Crippen LogP contribution in [0.25, 0.3) is 0 Å². The lowest BCUT2D eigenvalue weighted by molar-refractivity contribution is -0.385. The first-order valence-electron chi connectivity index (χ1n) is 9.19. The van der Waals surface area contributed by atoms with Gasteiger partial charge < -0.3 is 9.50 Å². The van der Waals surface area contributed by atoms with Crippen LogP contribution in [0.3, 0.4) is 0 Å². The number of hydrogen-bond acceptors (Lipinski definition) is 6. The number of hydrogen-bond donors (Lipinski definition) is 1. The number of carbonyl (C=O) groups excluding carboxylic acids is 1. The molecule has 0 unspecified atom stereocenters. The molecule has 0 atom stereocenters. The SMILES string of the molecule is O=C(NCc1cccc(C(F)(F)F)c1)c1ccc(OS(=O)(=O)c2cccc([N+](=O)[O-])c2)cc1. The van der Waals surface area contributed by atoms with Crippen LogP contribution in [0.5, 0.6) is 5.75 Å². The molecule has 0 aliphatic carbocycles. The van der Waals surface area contributed by atoms with Gasteiger partial charge in [-0.1, -0.05) is 18.2 Å². The largest absolute Gasteiger partial charge is 0.416 e. The van der Waals surface area contributed by atoms with E-state index in [1.807, 2.05) is 0 Å². The highest BCUT2D eigenvalue weighted by atomic mass is 32.2. The van der Waals surface area contributed by atoms with Crippen molar-refractivity contribution in [2.24, 2.45) is 0 Å². The number of carbonyl (C=O) groups is 1. The number of halogens is 3. The van der Waals surface area contributed by atoms with E-state index in [1.165, 1.54) is 42.5 Å². The first-order chi connectivity index (χ1) is 15.5. The maximum absolute atomic E-state index is 12.8. The number of alkyl halides is 3. The molecule has 0 aliphatic rings. The molecule has 0 saturated carbocycles. The molecule has 0 aliphatic heterocycles. The summed E-state index contributed by atoms with van der Waals surface area (Å²) in [5, 5.41) is 13.3. The topological polar surface area (TPSA) is 116 Å². The summed E-state index contributed by atoms with van der Waals surface area (Å²) < 4.78 is 68.0. The van der Waals surface area contributed by atoms with E-state index in [0.29, 0.717) is 0 Å². The average Bonchev–Trinajstić information content (AvgIpc) is 2.77. The molecule has 8 nitrogen and oxygen atoms in total. The van der Waals surface area contributed by atoms with E-state index < -0.39 is 43.3 Å². The van der Waals surface area contributed by atoms with Crippen molar-refractivity contribution in [2.75, 3.05) is 0 Å². The predicted molar refractivity (Wildman–Crippen MR) is 110 cm³/mol. The molecule has 0 aromatic heterocycles. The lowest BCUT2D eigenvalue weighted by Gasteiger charge is -2.10. The minimum Gasteiger partial charge on any atom is -0.379 e. The van der Waals surface area contributed by atoms with E-state index in [4.69, 9.17) is 4.18 Å². The van der Waals surface area contributed by atoms with Gasteiger partial charge in [-0.25, -0.2) is 0 Å². The highest BCUT2D eigenvalue weighted by Gasteiger charge is 2.30. The molecule has 172 valence electrons. The van der Waals surface area contributed by atoms with Crippen LogP contribution < -0.4 is 9.50 Å². The lowest BCUT2D eigenvalue weighted by atomic mass is 10.1. The molecule has 12 heteroatoms. The lowest BCUT2D eigenvalue weighted by Crippen LogP contribution is -2.23. The van der Waals surface area contributed by atoms with Gasteiger partial charge in [0.15, 0.2) is 0 Å². The fourth-order valence-corrected chi connectivity index (χ4v) is 3.70. The van der Waals surface area contributed by atoms with Gasteiger partial charge in [0.2, 0.25) is 0 Å². The second-order valence-corrected chi connectivity index (χ2v) is 8.24. The quantitative estimate of drug-likeness (QED) is 0.306. The van der Waals surface area contributed by atoms with Crippen molar-refractivity contribution in [3.8, 4) is 5.75 Å². The van der Waals surface area contributed by atoms with Crippen LogP contribution in [0.4, 0.5) is 18.9 Å². The summed E-state index contributed by atoms with van der Waals surface area (Å²) in [6.07, 6.45) is -4.50. The molecule has 0 radical (unpaired) electrons. The summed E-state index contributed by atoms with van der Waals surface area (Å²) >= 11 is 0. The monoisotopic (exact) mass is 480 g/mol. The zero-order chi connectivity index (χ0) is 24.2. The van der Waals surface area contributed by atoms with E-state index in [1.54, 1.807) is 0 Å². The summed E-state index contributed by atoms with van der Waals surface area (Å²) in [6, 6.07) is 13.8. The Labute approximate surface area is 185 Å². The Morgan fingerprint density at radius 2 is 1.67 bits per heavy atom. The van der Waals surface area contributed by atoms with Crippen LogP contribution in [0.2, 0.25) is 0 Å². The van der Waals surface area contributed by atoms with E-state index in [0.717, 1.165) is 30.3 Å². The number of amides is 1. The van der Waals surface area contributed by atoms with Crippen LogP contribution in [0.1, 0.15) is 21.5 Å². The van der Waals surface area contributed by atoms with Gasteiger partial charge >= 0.3 is 16.3 Å². The molecule has 33 heavy (non-hydrogen) atoms. The summed E-state index contributed by atoms with van der Waals surface area (Å²) in [4.78, 5) is 21.9. The summed E-state index contributed by atoms with van der Waals surface area (Å²) in [5.41, 5.74) is -0.892. The number of benzene rings is 3. The molecule has 0 fully saturated rings. The fourth-order valence-electron chi connectivity index (χ4n) is 2.73. The van der Waals surface area contributed by atoms with E-state index in [2.05, 4.69) is 5.32 Å². The first-order valence-corrected chi connectivity index (χ1v) is 10.6. The second-order valence-electron chi connectivity index (χ2n) is 6.70. The van der Waals surface area contributed by atoms with Crippen molar-refractivity contribution in [1.82, 2.24) is 5.32 Å². The average molecular weight is 480 g/mol. The molecule has 0 saturated heterocycles. The minimum atomic E-state index is -4.50. The number of rotatable bonds is 7. The van der Waals surface area contributed by atoms with Crippen molar-refractivity contribution >= 4 is 21.7 Å². The Kier molecular flexibility index (Phi) is 6.68. The molecule has 1 N–H and O–H groups in total.